The number of benzene rings is 2. The maximum Gasteiger partial charge on any atom is 0.240 e. The highest BCUT2D eigenvalue weighted by Crippen LogP contribution is 2.42. The van der Waals surface area contributed by atoms with E-state index < -0.39 is 5.95 Å². The fraction of sp³-hybridized carbons (Fsp3) is 0.457. The number of hydrogen-bond donors (Lipinski definition) is 0. The number of fused-ring (bicyclic) bond motifs is 3. The van der Waals surface area contributed by atoms with E-state index in [1.54, 1.807) is 18.9 Å². The quantitative estimate of drug-likeness (QED) is 0.217. The molecule has 3 aliphatic rings. The third-order valence-corrected chi connectivity index (χ3v) is 9.52. The summed E-state index contributed by atoms with van der Waals surface area (Å²) in [6, 6.07) is 14.6. The van der Waals surface area contributed by atoms with Crippen LogP contribution in [0.15, 0.2) is 54.9 Å². The van der Waals surface area contributed by atoms with Crippen molar-refractivity contribution >= 4 is 27.9 Å². The van der Waals surface area contributed by atoms with E-state index in [-0.39, 0.29) is 12.5 Å². The minimum atomic E-state index is -0.428. The number of anilines is 1. The summed E-state index contributed by atoms with van der Waals surface area (Å²) in [6.45, 7) is 2.42. The molecule has 1 aliphatic carbocycles. The van der Waals surface area contributed by atoms with Crippen LogP contribution in [0.1, 0.15) is 73.6 Å². The number of allylic oxidation sites excluding steroid dienone is 1. The number of aromatic nitrogens is 4. The number of nitrogens with zero attached hydrogens (tertiary/aromatic N) is 5. The van der Waals surface area contributed by atoms with Crippen LogP contribution in [0.2, 0.25) is 0 Å². The molecule has 0 bridgehead atoms. The summed E-state index contributed by atoms with van der Waals surface area (Å²) in [5, 5.41) is 4.98. The van der Waals surface area contributed by atoms with Crippen molar-refractivity contribution in [1.82, 2.24) is 19.7 Å². The second-order valence-electron chi connectivity index (χ2n) is 12.0. The number of hydrogen-bond acceptors (Lipinski definition) is 7. The molecule has 0 amide bonds. The van der Waals surface area contributed by atoms with Gasteiger partial charge in [-0.3, -0.25) is 4.98 Å². The molecule has 1 unspecified atom stereocenters. The van der Waals surface area contributed by atoms with Gasteiger partial charge in [-0.05, 0) is 79.7 Å². The van der Waals surface area contributed by atoms with E-state index >= 15 is 4.39 Å². The first-order chi connectivity index (χ1) is 21.7. The third-order valence-electron chi connectivity index (χ3n) is 9.52. The van der Waals surface area contributed by atoms with Crippen LogP contribution < -0.4 is 4.90 Å². The van der Waals surface area contributed by atoms with Gasteiger partial charge in [-0.15, -0.1) is 5.10 Å². The Kier molecular flexibility index (Phi) is 8.43. The molecule has 8 nitrogen and oxygen atoms in total. The Labute approximate surface area is 257 Å². The lowest BCUT2D eigenvalue weighted by Gasteiger charge is -2.35. The Morgan fingerprint density at radius 1 is 0.909 bits per heavy atom. The summed E-state index contributed by atoms with van der Waals surface area (Å²) in [4.78, 5) is 12.2. The summed E-state index contributed by atoms with van der Waals surface area (Å²) >= 11 is 0. The molecule has 2 aromatic heterocycles. The van der Waals surface area contributed by atoms with E-state index in [1.807, 2.05) is 24.5 Å². The molecule has 2 saturated heterocycles. The van der Waals surface area contributed by atoms with E-state index in [0.717, 1.165) is 104 Å². The minimum Gasteiger partial charge on any atom is -0.356 e. The van der Waals surface area contributed by atoms with Gasteiger partial charge in [0.2, 0.25) is 5.95 Å². The van der Waals surface area contributed by atoms with Gasteiger partial charge in [0.05, 0.1) is 29.0 Å². The van der Waals surface area contributed by atoms with E-state index in [9.17, 15) is 0 Å². The van der Waals surface area contributed by atoms with Crippen LogP contribution in [-0.2, 0) is 20.6 Å². The highest BCUT2D eigenvalue weighted by Gasteiger charge is 2.30. The Bertz CT molecular complexity index is 1620. The number of halogens is 1. The largest absolute Gasteiger partial charge is 0.356 e. The van der Waals surface area contributed by atoms with Gasteiger partial charge < -0.3 is 19.1 Å². The van der Waals surface area contributed by atoms with Gasteiger partial charge in [-0.2, -0.15) is 4.39 Å². The van der Waals surface area contributed by atoms with Crippen LogP contribution in [0.5, 0.6) is 0 Å². The molecule has 7 rings (SSSR count). The molecule has 2 aromatic carbocycles. The van der Waals surface area contributed by atoms with Crippen molar-refractivity contribution in [3.05, 3.63) is 83.2 Å². The zero-order chi connectivity index (χ0) is 30.0. The summed E-state index contributed by atoms with van der Waals surface area (Å²) < 4.78 is 34.5. The van der Waals surface area contributed by atoms with Crippen molar-refractivity contribution in [2.24, 2.45) is 5.92 Å². The molecule has 4 aromatic rings. The maximum atomic E-state index is 15.8. The van der Waals surface area contributed by atoms with Gasteiger partial charge in [0.15, 0.2) is 12.5 Å². The average molecular weight is 598 g/mol. The van der Waals surface area contributed by atoms with Gasteiger partial charge >= 0.3 is 0 Å². The molecular formula is C35H40FN5O3. The maximum absolute atomic E-state index is 15.8. The van der Waals surface area contributed by atoms with Crippen LogP contribution in [0, 0.1) is 11.9 Å². The summed E-state index contributed by atoms with van der Waals surface area (Å²) in [5.74, 6) is 0.799. The summed E-state index contributed by atoms with van der Waals surface area (Å²) in [5.41, 5.74) is 6.97. The highest BCUT2D eigenvalue weighted by atomic mass is 19.1. The first-order valence-electron chi connectivity index (χ1n) is 15.9. The van der Waals surface area contributed by atoms with E-state index in [0.29, 0.717) is 17.9 Å². The minimum absolute atomic E-state index is 0.178. The molecule has 4 heterocycles. The second kappa shape index (κ2) is 12.8. The molecule has 0 N–H and O–H groups in total. The van der Waals surface area contributed by atoms with Crippen LogP contribution in [0.25, 0.3) is 22.0 Å². The lowest BCUT2D eigenvalue weighted by molar-refractivity contribution is -0.141. The Morgan fingerprint density at radius 3 is 2.43 bits per heavy atom. The summed E-state index contributed by atoms with van der Waals surface area (Å²) in [7, 11) is 3.40. The molecule has 44 heavy (non-hydrogen) atoms. The molecule has 2 aliphatic heterocycles. The van der Waals surface area contributed by atoms with Crippen LogP contribution >= 0.6 is 0 Å². The third kappa shape index (κ3) is 5.42. The zero-order valence-corrected chi connectivity index (χ0v) is 25.5. The van der Waals surface area contributed by atoms with Gasteiger partial charge in [-0.1, -0.05) is 36.4 Å². The van der Waals surface area contributed by atoms with Gasteiger partial charge in [0.25, 0.3) is 0 Å². The van der Waals surface area contributed by atoms with Gasteiger partial charge in [0, 0.05) is 45.4 Å². The van der Waals surface area contributed by atoms with Gasteiger partial charge in [-0.25, -0.2) is 9.67 Å². The standard InChI is InChI=1S/C35H40FN5O3/c1-42-35(43-2)24-16-18-40(19-17-24)30-22-37-28(21-38-30)32-25(23-9-4-3-5-10-23)11-8-12-26-27(32)14-15-29-33(26)34(36)39-41(29)31-13-6-7-20-44-31/h3-5,9-10,14-15,21-22,24,31,35H,6-8,11-13,16-20H2,1-2H3. The van der Waals surface area contributed by atoms with Crippen LogP contribution in [-0.4, -0.2) is 60.0 Å². The number of ether oxygens (including phenoxy) is 3. The molecule has 0 saturated carbocycles. The second-order valence-corrected chi connectivity index (χ2v) is 12.0. The van der Waals surface area contributed by atoms with Crippen molar-refractivity contribution in [3.63, 3.8) is 0 Å². The number of methoxy groups -OCH3 is 2. The van der Waals surface area contributed by atoms with Crippen molar-refractivity contribution in [2.45, 2.75) is 63.9 Å². The highest BCUT2D eigenvalue weighted by molar-refractivity contribution is 6.02. The lowest BCUT2D eigenvalue weighted by atomic mass is 9.89. The smallest absolute Gasteiger partial charge is 0.240 e. The summed E-state index contributed by atoms with van der Waals surface area (Å²) in [6.07, 6.45) is 10.7. The molecule has 0 radical (unpaired) electrons. The Morgan fingerprint density at radius 2 is 1.73 bits per heavy atom. The molecule has 9 heteroatoms. The van der Waals surface area contributed by atoms with Crippen LogP contribution in [0.3, 0.4) is 0 Å². The predicted molar refractivity (Wildman–Crippen MR) is 169 cm³/mol. The van der Waals surface area contributed by atoms with E-state index in [4.69, 9.17) is 24.2 Å². The zero-order valence-electron chi connectivity index (χ0n) is 25.5. The number of piperidine rings is 1. The van der Waals surface area contributed by atoms with Crippen molar-refractivity contribution in [1.29, 1.82) is 0 Å². The molecule has 2 fully saturated rings. The van der Waals surface area contributed by atoms with Crippen molar-refractivity contribution in [2.75, 3.05) is 38.8 Å². The fourth-order valence-electron chi connectivity index (χ4n) is 7.33. The van der Waals surface area contributed by atoms with Crippen LogP contribution in [0.4, 0.5) is 10.2 Å². The Hall–Kier alpha value is -3.66. The van der Waals surface area contributed by atoms with Crippen molar-refractivity contribution in [3.8, 4) is 0 Å². The van der Waals surface area contributed by atoms with E-state index in [1.165, 1.54) is 5.57 Å². The molecule has 1 atom stereocenters. The number of aryl methyl sites for hydroxylation is 1. The average Bonchev–Trinajstić information content (AvgIpc) is 3.30. The number of rotatable bonds is 7. The first kappa shape index (κ1) is 29.1. The topological polar surface area (TPSA) is 74.5 Å². The Balaban J connectivity index is 1.28. The lowest BCUT2D eigenvalue weighted by Crippen LogP contribution is -2.39. The first-order valence-corrected chi connectivity index (χ1v) is 15.9. The monoisotopic (exact) mass is 597 g/mol. The van der Waals surface area contributed by atoms with Crippen molar-refractivity contribution < 1.29 is 18.6 Å². The molecule has 230 valence electrons. The normalized spacial score (nSPS) is 19.9. The SMILES string of the molecule is COC(OC)C1CCN(c2cnc(C3=C(c4ccccc4)CCCc4c3ccc3c4c(F)nn3C3CCCCO3)cn2)CC1. The van der Waals surface area contributed by atoms with Gasteiger partial charge in [0.1, 0.15) is 5.82 Å². The molecule has 0 spiro atoms. The fourth-order valence-corrected chi connectivity index (χ4v) is 7.33. The van der Waals surface area contributed by atoms with E-state index in [2.05, 4.69) is 40.3 Å². The predicted octanol–water partition coefficient (Wildman–Crippen LogP) is 6.80. The molecular weight excluding hydrogens is 557 g/mol.